The maximum absolute atomic E-state index is 12.1. The highest BCUT2D eigenvalue weighted by molar-refractivity contribution is 5.83. The maximum atomic E-state index is 12.1. The fraction of sp³-hybridized carbons (Fsp3) is 0.611. The number of rotatable bonds is 6. The Bertz CT molecular complexity index is 493. The summed E-state index contributed by atoms with van der Waals surface area (Å²) in [4.78, 5) is 14.5. The topological polar surface area (TPSA) is 44.4 Å². The van der Waals surface area contributed by atoms with Crippen molar-refractivity contribution in [1.82, 2.24) is 5.32 Å². The summed E-state index contributed by atoms with van der Waals surface area (Å²) >= 11 is 0. The molecule has 4 heteroatoms. The number of carbonyl (C=O) groups excluding carboxylic acids is 1. The number of nitrogens with one attached hydrogen (secondary N) is 2. The van der Waals surface area contributed by atoms with E-state index < -0.39 is 0 Å². The summed E-state index contributed by atoms with van der Waals surface area (Å²) in [6.45, 7) is 8.70. The van der Waals surface area contributed by atoms with E-state index in [1.807, 2.05) is 19.9 Å². The molecule has 1 saturated heterocycles. The van der Waals surface area contributed by atoms with Crippen LogP contribution in [0.3, 0.4) is 0 Å². The zero-order valence-corrected chi connectivity index (χ0v) is 14.1. The van der Waals surface area contributed by atoms with Gasteiger partial charge in [0.2, 0.25) is 5.91 Å². The molecule has 0 aliphatic carbocycles. The van der Waals surface area contributed by atoms with Crippen LogP contribution in [0.25, 0.3) is 0 Å². The van der Waals surface area contributed by atoms with Crippen LogP contribution >= 0.6 is 0 Å². The van der Waals surface area contributed by atoms with Gasteiger partial charge in [-0.3, -0.25) is 4.79 Å². The second-order valence-corrected chi connectivity index (χ2v) is 6.70. The van der Waals surface area contributed by atoms with Gasteiger partial charge in [-0.05, 0) is 51.7 Å². The van der Waals surface area contributed by atoms with E-state index in [-0.39, 0.29) is 11.4 Å². The Morgan fingerprint density at radius 1 is 1.18 bits per heavy atom. The van der Waals surface area contributed by atoms with E-state index in [1.54, 1.807) is 0 Å². The van der Waals surface area contributed by atoms with Gasteiger partial charge in [0.25, 0.3) is 0 Å². The van der Waals surface area contributed by atoms with Crippen LogP contribution < -0.4 is 15.5 Å². The number of piperidine rings is 1. The SMILES string of the molecule is CCC(C)(C)NC(=O)CNc1ccccc1N1CCCCC1. The molecule has 0 bridgehead atoms. The molecule has 4 nitrogen and oxygen atoms in total. The number of hydrogen-bond acceptors (Lipinski definition) is 3. The third-order valence-corrected chi connectivity index (χ3v) is 4.40. The molecule has 0 spiro atoms. The Kier molecular flexibility index (Phi) is 5.69. The summed E-state index contributed by atoms with van der Waals surface area (Å²) < 4.78 is 0. The van der Waals surface area contributed by atoms with Crippen molar-refractivity contribution >= 4 is 17.3 Å². The molecule has 0 radical (unpaired) electrons. The van der Waals surface area contributed by atoms with Crippen molar-refractivity contribution in [2.75, 3.05) is 29.9 Å². The molecule has 2 N–H and O–H groups in total. The largest absolute Gasteiger partial charge is 0.374 e. The molecular weight excluding hydrogens is 274 g/mol. The number of anilines is 2. The lowest BCUT2D eigenvalue weighted by molar-refractivity contribution is -0.121. The van der Waals surface area contributed by atoms with Crippen LogP contribution in [-0.4, -0.2) is 31.1 Å². The van der Waals surface area contributed by atoms with Crippen LogP contribution in [0, 0.1) is 0 Å². The number of hydrogen-bond donors (Lipinski definition) is 2. The van der Waals surface area contributed by atoms with E-state index >= 15 is 0 Å². The predicted octanol–water partition coefficient (Wildman–Crippen LogP) is 3.39. The Labute approximate surface area is 134 Å². The Morgan fingerprint density at radius 3 is 2.55 bits per heavy atom. The molecule has 1 aromatic carbocycles. The molecular formula is C18H29N3O. The summed E-state index contributed by atoms with van der Waals surface area (Å²) in [6.07, 6.45) is 4.74. The van der Waals surface area contributed by atoms with Crippen molar-refractivity contribution in [3.63, 3.8) is 0 Å². The number of benzene rings is 1. The van der Waals surface area contributed by atoms with Gasteiger partial charge < -0.3 is 15.5 Å². The first-order chi connectivity index (χ1) is 10.5. The molecule has 1 aliphatic heterocycles. The van der Waals surface area contributed by atoms with E-state index in [2.05, 4.69) is 40.7 Å². The molecule has 1 fully saturated rings. The van der Waals surface area contributed by atoms with E-state index in [1.165, 1.54) is 24.9 Å². The fourth-order valence-electron chi connectivity index (χ4n) is 2.72. The molecule has 1 aromatic rings. The predicted molar refractivity (Wildman–Crippen MR) is 93.5 cm³/mol. The third kappa shape index (κ3) is 4.65. The molecule has 2 rings (SSSR count). The highest BCUT2D eigenvalue weighted by Gasteiger charge is 2.18. The monoisotopic (exact) mass is 303 g/mol. The summed E-state index contributed by atoms with van der Waals surface area (Å²) in [7, 11) is 0. The zero-order valence-electron chi connectivity index (χ0n) is 14.1. The third-order valence-electron chi connectivity index (χ3n) is 4.40. The van der Waals surface area contributed by atoms with E-state index in [0.717, 1.165) is 25.2 Å². The molecule has 0 atom stereocenters. The molecule has 0 saturated carbocycles. The van der Waals surface area contributed by atoms with Gasteiger partial charge in [-0.2, -0.15) is 0 Å². The first kappa shape index (κ1) is 16.7. The smallest absolute Gasteiger partial charge is 0.239 e. The molecule has 22 heavy (non-hydrogen) atoms. The van der Waals surface area contributed by atoms with E-state index in [4.69, 9.17) is 0 Å². The van der Waals surface area contributed by atoms with Gasteiger partial charge in [-0.15, -0.1) is 0 Å². The summed E-state index contributed by atoms with van der Waals surface area (Å²) in [5, 5.41) is 6.36. The number of carbonyl (C=O) groups is 1. The lowest BCUT2D eigenvalue weighted by Gasteiger charge is -2.31. The molecule has 1 amide bonds. The normalized spacial score (nSPS) is 15.5. The highest BCUT2D eigenvalue weighted by atomic mass is 16.2. The fourth-order valence-corrected chi connectivity index (χ4v) is 2.72. The van der Waals surface area contributed by atoms with Crippen molar-refractivity contribution in [3.05, 3.63) is 24.3 Å². The summed E-state index contributed by atoms with van der Waals surface area (Å²) in [5.41, 5.74) is 2.11. The second kappa shape index (κ2) is 7.52. The van der Waals surface area contributed by atoms with Crippen LogP contribution in [0.2, 0.25) is 0 Å². The first-order valence-corrected chi connectivity index (χ1v) is 8.41. The lowest BCUT2D eigenvalue weighted by Crippen LogP contribution is -2.45. The molecule has 0 unspecified atom stereocenters. The Hall–Kier alpha value is -1.71. The van der Waals surface area contributed by atoms with E-state index in [0.29, 0.717) is 6.54 Å². The second-order valence-electron chi connectivity index (χ2n) is 6.70. The number of amides is 1. The highest BCUT2D eigenvalue weighted by Crippen LogP contribution is 2.28. The van der Waals surface area contributed by atoms with Gasteiger partial charge in [-0.25, -0.2) is 0 Å². The van der Waals surface area contributed by atoms with Gasteiger partial charge in [0.15, 0.2) is 0 Å². The van der Waals surface area contributed by atoms with Crippen molar-refractivity contribution < 1.29 is 4.79 Å². The van der Waals surface area contributed by atoms with Gasteiger partial charge in [0.1, 0.15) is 0 Å². The minimum atomic E-state index is -0.148. The van der Waals surface area contributed by atoms with Crippen LogP contribution in [0.1, 0.15) is 46.5 Å². The summed E-state index contributed by atoms with van der Waals surface area (Å²) in [6, 6.07) is 8.28. The number of para-hydroxylation sites is 2. The standard InChI is InChI=1S/C18H29N3O/c1-4-18(2,3)20-17(22)14-19-15-10-6-7-11-16(15)21-12-8-5-9-13-21/h6-7,10-11,19H,4-5,8-9,12-14H2,1-3H3,(H,20,22). The molecule has 0 aromatic heterocycles. The Balaban J connectivity index is 1.96. The van der Waals surface area contributed by atoms with Crippen LogP contribution in [0.15, 0.2) is 24.3 Å². The minimum absolute atomic E-state index is 0.0419. The van der Waals surface area contributed by atoms with Gasteiger partial charge in [0, 0.05) is 18.6 Å². The quantitative estimate of drug-likeness (QED) is 0.846. The molecule has 122 valence electrons. The molecule has 1 aliphatic rings. The van der Waals surface area contributed by atoms with Crippen molar-refractivity contribution in [3.8, 4) is 0 Å². The van der Waals surface area contributed by atoms with Crippen LogP contribution in [0.5, 0.6) is 0 Å². The van der Waals surface area contributed by atoms with Gasteiger partial charge >= 0.3 is 0 Å². The average Bonchev–Trinajstić information content (AvgIpc) is 2.54. The summed E-state index contributed by atoms with van der Waals surface area (Å²) in [5.74, 6) is 0.0419. The first-order valence-electron chi connectivity index (χ1n) is 8.41. The van der Waals surface area contributed by atoms with Crippen LogP contribution in [0.4, 0.5) is 11.4 Å². The maximum Gasteiger partial charge on any atom is 0.239 e. The molecule has 1 heterocycles. The van der Waals surface area contributed by atoms with Crippen molar-refractivity contribution in [2.45, 2.75) is 52.0 Å². The minimum Gasteiger partial charge on any atom is -0.374 e. The van der Waals surface area contributed by atoms with Crippen LogP contribution in [-0.2, 0) is 4.79 Å². The van der Waals surface area contributed by atoms with Gasteiger partial charge in [0.05, 0.1) is 17.9 Å². The van der Waals surface area contributed by atoms with Crippen molar-refractivity contribution in [2.24, 2.45) is 0 Å². The average molecular weight is 303 g/mol. The van der Waals surface area contributed by atoms with E-state index in [9.17, 15) is 4.79 Å². The van der Waals surface area contributed by atoms with Gasteiger partial charge in [-0.1, -0.05) is 19.1 Å². The number of nitrogens with zero attached hydrogens (tertiary/aromatic N) is 1. The zero-order chi connectivity index (χ0) is 16.0. The Morgan fingerprint density at radius 2 is 1.86 bits per heavy atom. The van der Waals surface area contributed by atoms with Crippen molar-refractivity contribution in [1.29, 1.82) is 0 Å². The lowest BCUT2D eigenvalue weighted by atomic mass is 10.0.